The number of aromatic nitrogens is 2. The number of thiophene rings is 1. The number of rotatable bonds is 3. The summed E-state index contributed by atoms with van der Waals surface area (Å²) in [5.41, 5.74) is 1.72. The van der Waals surface area contributed by atoms with Crippen LogP contribution in [-0.2, 0) is 0 Å². The maximum atomic E-state index is 13.9. The number of aldehydes is 1. The van der Waals surface area contributed by atoms with Gasteiger partial charge in [-0.25, -0.2) is 4.98 Å². The van der Waals surface area contributed by atoms with E-state index in [0.29, 0.717) is 21.7 Å². The minimum atomic E-state index is -0.556. The number of halogens is 1. The van der Waals surface area contributed by atoms with E-state index in [1.807, 2.05) is 18.2 Å². The van der Waals surface area contributed by atoms with E-state index in [2.05, 4.69) is 9.97 Å². The van der Waals surface area contributed by atoms with E-state index in [9.17, 15) is 9.18 Å². The molecule has 0 saturated carbocycles. The number of carbonyl (C=O) groups is 1. The van der Waals surface area contributed by atoms with Gasteiger partial charge in [0.2, 0.25) is 5.95 Å². The maximum absolute atomic E-state index is 13.9. The molecule has 3 heterocycles. The molecule has 98 valence electrons. The molecule has 0 aliphatic rings. The van der Waals surface area contributed by atoms with E-state index < -0.39 is 5.95 Å². The van der Waals surface area contributed by atoms with Crippen molar-refractivity contribution in [3.8, 4) is 21.7 Å². The highest BCUT2D eigenvalue weighted by molar-refractivity contribution is 7.17. The zero-order valence-corrected chi connectivity index (χ0v) is 11.1. The lowest BCUT2D eigenvalue weighted by Gasteiger charge is -2.03. The van der Waals surface area contributed by atoms with Crippen molar-refractivity contribution in [3.63, 3.8) is 0 Å². The zero-order valence-electron chi connectivity index (χ0n) is 10.3. The molecule has 20 heavy (non-hydrogen) atoms. The molecule has 3 rings (SSSR count). The first-order valence-electron chi connectivity index (χ1n) is 5.91. The molecule has 0 unspecified atom stereocenters. The van der Waals surface area contributed by atoms with Crippen molar-refractivity contribution in [1.82, 2.24) is 9.97 Å². The summed E-state index contributed by atoms with van der Waals surface area (Å²) in [5.74, 6) is -0.556. The SMILES string of the molecule is O=Cc1cc(-c2cccnc2F)c(-c2ccccn2)s1. The van der Waals surface area contributed by atoms with Gasteiger partial charge >= 0.3 is 0 Å². The minimum absolute atomic E-state index is 0.373. The van der Waals surface area contributed by atoms with Crippen molar-refractivity contribution in [3.05, 3.63) is 59.6 Å². The molecule has 3 aromatic rings. The Kier molecular flexibility index (Phi) is 3.35. The van der Waals surface area contributed by atoms with E-state index in [4.69, 9.17) is 0 Å². The van der Waals surface area contributed by atoms with Crippen LogP contribution in [0.1, 0.15) is 9.67 Å². The lowest BCUT2D eigenvalue weighted by atomic mass is 10.1. The largest absolute Gasteiger partial charge is 0.297 e. The Bertz CT molecular complexity index is 756. The van der Waals surface area contributed by atoms with Crippen LogP contribution in [0.5, 0.6) is 0 Å². The molecule has 0 spiro atoms. The summed E-state index contributed by atoms with van der Waals surface area (Å²) in [4.78, 5) is 20.2. The predicted molar refractivity (Wildman–Crippen MR) is 76.1 cm³/mol. The maximum Gasteiger partial charge on any atom is 0.220 e. The normalized spacial score (nSPS) is 10.4. The molecular formula is C15H9FN2OS. The third-order valence-corrected chi connectivity index (χ3v) is 3.90. The van der Waals surface area contributed by atoms with Gasteiger partial charge in [-0.3, -0.25) is 9.78 Å². The summed E-state index contributed by atoms with van der Waals surface area (Å²) in [6, 6.07) is 10.5. The van der Waals surface area contributed by atoms with E-state index in [-0.39, 0.29) is 0 Å². The Balaban J connectivity index is 2.23. The van der Waals surface area contributed by atoms with Gasteiger partial charge in [0.05, 0.1) is 15.4 Å². The van der Waals surface area contributed by atoms with Crippen LogP contribution >= 0.6 is 11.3 Å². The van der Waals surface area contributed by atoms with Crippen LogP contribution in [0.2, 0.25) is 0 Å². The van der Waals surface area contributed by atoms with Crippen LogP contribution in [0.3, 0.4) is 0 Å². The quantitative estimate of drug-likeness (QED) is 0.542. The van der Waals surface area contributed by atoms with Crippen LogP contribution < -0.4 is 0 Å². The number of pyridine rings is 2. The molecule has 0 aliphatic heterocycles. The fourth-order valence-electron chi connectivity index (χ4n) is 1.94. The summed E-state index contributed by atoms with van der Waals surface area (Å²) >= 11 is 1.29. The molecule has 3 nitrogen and oxygen atoms in total. The molecular weight excluding hydrogens is 275 g/mol. The highest BCUT2D eigenvalue weighted by Crippen LogP contribution is 2.38. The second-order valence-electron chi connectivity index (χ2n) is 4.07. The van der Waals surface area contributed by atoms with Crippen LogP contribution in [0.25, 0.3) is 21.7 Å². The second kappa shape index (κ2) is 5.30. The Morgan fingerprint density at radius 2 is 1.90 bits per heavy atom. The predicted octanol–water partition coefficient (Wildman–Crippen LogP) is 3.82. The molecule has 0 saturated heterocycles. The van der Waals surface area contributed by atoms with Gasteiger partial charge in [-0.2, -0.15) is 4.39 Å². The molecule has 0 radical (unpaired) electrons. The minimum Gasteiger partial charge on any atom is -0.297 e. The van der Waals surface area contributed by atoms with Gasteiger partial charge in [0.25, 0.3) is 0 Å². The summed E-state index contributed by atoms with van der Waals surface area (Å²) in [6.07, 6.45) is 3.82. The third-order valence-electron chi connectivity index (χ3n) is 2.81. The van der Waals surface area contributed by atoms with Crippen LogP contribution in [0, 0.1) is 5.95 Å². The molecule has 0 amide bonds. The first-order valence-corrected chi connectivity index (χ1v) is 6.72. The third kappa shape index (κ3) is 2.23. The molecule has 0 atom stereocenters. The molecule has 3 aromatic heterocycles. The smallest absolute Gasteiger partial charge is 0.220 e. The van der Waals surface area contributed by atoms with Gasteiger partial charge in [0, 0.05) is 23.5 Å². The van der Waals surface area contributed by atoms with E-state index in [1.165, 1.54) is 17.5 Å². The van der Waals surface area contributed by atoms with Crippen molar-refractivity contribution >= 4 is 17.6 Å². The van der Waals surface area contributed by atoms with Crippen LogP contribution in [0.4, 0.5) is 4.39 Å². The van der Waals surface area contributed by atoms with E-state index in [0.717, 1.165) is 11.2 Å². The van der Waals surface area contributed by atoms with E-state index >= 15 is 0 Å². The summed E-state index contributed by atoms with van der Waals surface area (Å²) < 4.78 is 13.9. The molecule has 0 bridgehead atoms. The van der Waals surface area contributed by atoms with E-state index in [1.54, 1.807) is 24.4 Å². The van der Waals surface area contributed by atoms with Gasteiger partial charge in [-0.15, -0.1) is 11.3 Å². The van der Waals surface area contributed by atoms with Crippen molar-refractivity contribution in [2.45, 2.75) is 0 Å². The molecule has 0 N–H and O–H groups in total. The summed E-state index contributed by atoms with van der Waals surface area (Å²) in [5, 5.41) is 0. The monoisotopic (exact) mass is 284 g/mol. The molecule has 5 heteroatoms. The fourth-order valence-corrected chi connectivity index (χ4v) is 2.91. The number of hydrogen-bond donors (Lipinski definition) is 0. The highest BCUT2D eigenvalue weighted by atomic mass is 32.1. The standard InChI is InChI=1S/C15H9FN2OS/c16-15-11(4-3-7-18-15)12-8-10(9-19)20-14(12)13-5-1-2-6-17-13/h1-9H. The Morgan fingerprint density at radius 1 is 1.05 bits per heavy atom. The average molecular weight is 284 g/mol. The highest BCUT2D eigenvalue weighted by Gasteiger charge is 2.16. The zero-order chi connectivity index (χ0) is 13.9. The molecule has 0 aliphatic carbocycles. The van der Waals surface area contributed by atoms with Gasteiger partial charge in [-0.05, 0) is 30.3 Å². The van der Waals surface area contributed by atoms with Gasteiger partial charge in [0.1, 0.15) is 0 Å². The van der Waals surface area contributed by atoms with Crippen molar-refractivity contribution < 1.29 is 9.18 Å². The number of carbonyl (C=O) groups excluding carboxylic acids is 1. The average Bonchev–Trinajstić information content (AvgIpc) is 2.93. The van der Waals surface area contributed by atoms with Crippen LogP contribution in [0.15, 0.2) is 48.8 Å². The lowest BCUT2D eigenvalue weighted by molar-refractivity contribution is 0.112. The van der Waals surface area contributed by atoms with Crippen molar-refractivity contribution in [1.29, 1.82) is 0 Å². The Morgan fingerprint density at radius 3 is 2.60 bits per heavy atom. The van der Waals surface area contributed by atoms with Gasteiger partial charge < -0.3 is 0 Å². The van der Waals surface area contributed by atoms with Crippen molar-refractivity contribution in [2.75, 3.05) is 0 Å². The Hall–Kier alpha value is -2.40. The summed E-state index contributed by atoms with van der Waals surface area (Å²) in [6.45, 7) is 0. The number of hydrogen-bond acceptors (Lipinski definition) is 4. The Labute approximate surface area is 118 Å². The number of nitrogens with zero attached hydrogens (tertiary/aromatic N) is 2. The lowest BCUT2D eigenvalue weighted by Crippen LogP contribution is -1.88. The van der Waals surface area contributed by atoms with Gasteiger partial charge in [0.15, 0.2) is 6.29 Å². The summed E-state index contributed by atoms with van der Waals surface area (Å²) in [7, 11) is 0. The first kappa shape index (κ1) is 12.6. The topological polar surface area (TPSA) is 42.9 Å². The van der Waals surface area contributed by atoms with Gasteiger partial charge in [-0.1, -0.05) is 6.07 Å². The molecule has 0 aromatic carbocycles. The fraction of sp³-hybridized carbons (Fsp3) is 0. The van der Waals surface area contributed by atoms with Crippen LogP contribution in [-0.4, -0.2) is 16.3 Å². The first-order chi connectivity index (χ1) is 9.79. The second-order valence-corrected chi connectivity index (χ2v) is 5.15. The van der Waals surface area contributed by atoms with Crippen molar-refractivity contribution in [2.24, 2.45) is 0 Å². The molecule has 0 fully saturated rings.